The van der Waals surface area contributed by atoms with Crippen LogP contribution in [0.2, 0.25) is 0 Å². The molecule has 162 valence electrons. The van der Waals surface area contributed by atoms with Crippen molar-refractivity contribution in [3.05, 3.63) is 0 Å². The molecule has 6 nitrogen and oxygen atoms in total. The van der Waals surface area contributed by atoms with Crippen molar-refractivity contribution in [2.45, 2.75) is 103 Å². The number of hydrogen-bond acceptors (Lipinski definition) is 6. The van der Waals surface area contributed by atoms with Gasteiger partial charge in [0.05, 0.1) is 11.3 Å². The van der Waals surface area contributed by atoms with Gasteiger partial charge in [-0.2, -0.15) is 0 Å². The Bertz CT molecular complexity index is 528. The van der Waals surface area contributed by atoms with E-state index in [4.69, 9.17) is 19.9 Å². The topological polar surface area (TPSA) is 87.9 Å². The van der Waals surface area contributed by atoms with Gasteiger partial charge in [-0.1, -0.05) is 19.3 Å². The van der Waals surface area contributed by atoms with Crippen molar-refractivity contribution in [3.63, 3.8) is 0 Å². The summed E-state index contributed by atoms with van der Waals surface area (Å²) in [5.41, 5.74) is 4.34. The first-order valence-electron chi connectivity index (χ1n) is 10.8. The van der Waals surface area contributed by atoms with Crippen molar-refractivity contribution < 1.29 is 23.8 Å². The van der Waals surface area contributed by atoms with Gasteiger partial charge in [0.15, 0.2) is 5.72 Å². The lowest BCUT2D eigenvalue weighted by molar-refractivity contribution is -0.178. The Balaban J connectivity index is 2.14. The monoisotopic (exact) mass is 397 g/mol. The molecule has 1 atom stereocenters. The molecule has 2 aliphatic rings. The van der Waals surface area contributed by atoms with E-state index in [0.29, 0.717) is 32.3 Å². The summed E-state index contributed by atoms with van der Waals surface area (Å²) in [6.07, 6.45) is 8.96. The third-order valence-corrected chi connectivity index (χ3v) is 6.04. The molecule has 2 aliphatic carbocycles. The lowest BCUT2D eigenvalue weighted by atomic mass is 9.76. The molecule has 0 amide bonds. The van der Waals surface area contributed by atoms with E-state index in [1.165, 1.54) is 0 Å². The average molecular weight is 398 g/mol. The second kappa shape index (κ2) is 9.57. The summed E-state index contributed by atoms with van der Waals surface area (Å²) in [5, 5.41) is 0. The summed E-state index contributed by atoms with van der Waals surface area (Å²) in [5.74, 6) is -0.867. The largest absolute Gasteiger partial charge is 0.460 e. The van der Waals surface area contributed by atoms with Crippen LogP contribution in [0.3, 0.4) is 0 Å². The molecular weight excluding hydrogens is 358 g/mol. The molecule has 0 heterocycles. The fourth-order valence-electron chi connectivity index (χ4n) is 4.51. The molecule has 2 N–H and O–H groups in total. The molecule has 6 heteroatoms. The zero-order valence-electron chi connectivity index (χ0n) is 18.2. The summed E-state index contributed by atoms with van der Waals surface area (Å²) in [4.78, 5) is 26.1. The van der Waals surface area contributed by atoms with Crippen LogP contribution in [0.25, 0.3) is 0 Å². The van der Waals surface area contributed by atoms with Gasteiger partial charge < -0.3 is 14.2 Å². The van der Waals surface area contributed by atoms with E-state index in [1.807, 2.05) is 20.8 Å². The highest BCUT2D eigenvalue weighted by Crippen LogP contribution is 2.46. The Morgan fingerprint density at radius 1 is 1.00 bits per heavy atom. The quantitative estimate of drug-likeness (QED) is 0.490. The molecule has 1 unspecified atom stereocenters. The highest BCUT2D eigenvalue weighted by atomic mass is 16.6. The number of ether oxygens (including phenoxy) is 3. The fraction of sp³-hybridized carbons (Fsp3) is 0.909. The van der Waals surface area contributed by atoms with Crippen LogP contribution in [-0.2, 0) is 23.8 Å². The van der Waals surface area contributed by atoms with E-state index in [-0.39, 0.29) is 17.9 Å². The van der Waals surface area contributed by atoms with Gasteiger partial charge >= 0.3 is 11.9 Å². The Morgan fingerprint density at radius 3 is 2.11 bits per heavy atom. The second-order valence-electron chi connectivity index (χ2n) is 9.72. The van der Waals surface area contributed by atoms with Crippen molar-refractivity contribution in [3.8, 4) is 0 Å². The molecule has 0 radical (unpaired) electrons. The Kier molecular flexibility index (Phi) is 7.91. The average Bonchev–Trinajstić information content (AvgIpc) is 3.07. The number of esters is 2. The number of nitrogens with two attached hydrogens (primary N) is 1. The van der Waals surface area contributed by atoms with Gasteiger partial charge in [-0.3, -0.25) is 15.3 Å². The number of rotatable bonds is 8. The standard InChI is InChI=1S/C22H39NO5/c1-20(2,3)27-18(24)17(10-15-26-4)16-21(11-8-9-12-21)19(25)28-22(23)13-6-5-7-14-22/h17H,5-16,23H2,1-4H3. The molecule has 0 aliphatic heterocycles. The lowest BCUT2D eigenvalue weighted by Gasteiger charge is -2.38. The first-order valence-corrected chi connectivity index (χ1v) is 10.8. The van der Waals surface area contributed by atoms with Crippen molar-refractivity contribution in [2.24, 2.45) is 17.1 Å². The van der Waals surface area contributed by atoms with Gasteiger partial charge in [0, 0.05) is 26.6 Å². The molecule has 0 aromatic carbocycles. The summed E-state index contributed by atoms with van der Waals surface area (Å²) >= 11 is 0. The van der Waals surface area contributed by atoms with Gasteiger partial charge in [0.2, 0.25) is 0 Å². The summed E-state index contributed by atoms with van der Waals surface area (Å²) in [6.45, 7) is 6.03. The van der Waals surface area contributed by atoms with Crippen molar-refractivity contribution in [1.29, 1.82) is 0 Å². The smallest absolute Gasteiger partial charge is 0.313 e. The highest BCUT2D eigenvalue weighted by Gasteiger charge is 2.48. The minimum absolute atomic E-state index is 0.222. The number of methoxy groups -OCH3 is 1. The molecule has 2 fully saturated rings. The van der Waals surface area contributed by atoms with Crippen LogP contribution in [0.4, 0.5) is 0 Å². The zero-order valence-corrected chi connectivity index (χ0v) is 18.2. The molecule has 0 bridgehead atoms. The lowest BCUT2D eigenvalue weighted by Crippen LogP contribution is -2.49. The Morgan fingerprint density at radius 2 is 1.57 bits per heavy atom. The maximum Gasteiger partial charge on any atom is 0.313 e. The van der Waals surface area contributed by atoms with Gasteiger partial charge in [-0.15, -0.1) is 0 Å². The van der Waals surface area contributed by atoms with Crippen LogP contribution in [-0.4, -0.2) is 37.0 Å². The molecular formula is C22H39NO5. The minimum atomic E-state index is -0.848. The molecule has 0 spiro atoms. The van der Waals surface area contributed by atoms with Crippen LogP contribution in [0.15, 0.2) is 0 Å². The van der Waals surface area contributed by atoms with E-state index in [1.54, 1.807) is 7.11 Å². The van der Waals surface area contributed by atoms with Crippen LogP contribution in [0, 0.1) is 11.3 Å². The van der Waals surface area contributed by atoms with E-state index in [9.17, 15) is 9.59 Å². The molecule has 0 saturated heterocycles. The third kappa shape index (κ3) is 6.45. The van der Waals surface area contributed by atoms with E-state index >= 15 is 0 Å². The van der Waals surface area contributed by atoms with Crippen LogP contribution < -0.4 is 5.73 Å². The van der Waals surface area contributed by atoms with Crippen molar-refractivity contribution in [2.75, 3.05) is 13.7 Å². The maximum absolute atomic E-state index is 13.3. The number of carbonyl (C=O) groups excluding carboxylic acids is 2. The van der Waals surface area contributed by atoms with Gasteiger partial charge in [0.25, 0.3) is 0 Å². The van der Waals surface area contributed by atoms with E-state index < -0.39 is 16.7 Å². The molecule has 2 rings (SSSR count). The van der Waals surface area contributed by atoms with Crippen LogP contribution in [0.1, 0.15) is 91.4 Å². The predicted molar refractivity (Wildman–Crippen MR) is 107 cm³/mol. The minimum Gasteiger partial charge on any atom is -0.460 e. The van der Waals surface area contributed by atoms with Crippen LogP contribution >= 0.6 is 0 Å². The number of hydrogen-bond donors (Lipinski definition) is 1. The van der Waals surface area contributed by atoms with Gasteiger partial charge in [-0.25, -0.2) is 0 Å². The van der Waals surface area contributed by atoms with Crippen molar-refractivity contribution >= 4 is 11.9 Å². The van der Waals surface area contributed by atoms with E-state index in [2.05, 4.69) is 0 Å². The predicted octanol–water partition coefficient (Wildman–Crippen LogP) is 4.09. The van der Waals surface area contributed by atoms with Crippen LogP contribution in [0.5, 0.6) is 0 Å². The van der Waals surface area contributed by atoms with Gasteiger partial charge in [-0.05, 0) is 59.3 Å². The fourth-order valence-corrected chi connectivity index (χ4v) is 4.51. The number of carbonyl (C=O) groups is 2. The highest BCUT2D eigenvalue weighted by molar-refractivity contribution is 5.80. The second-order valence-corrected chi connectivity index (χ2v) is 9.72. The summed E-state index contributed by atoms with van der Waals surface area (Å²) in [6, 6.07) is 0. The first-order chi connectivity index (χ1) is 13.1. The molecule has 0 aromatic rings. The Labute approximate surface area is 169 Å². The molecule has 2 saturated carbocycles. The maximum atomic E-state index is 13.3. The molecule has 28 heavy (non-hydrogen) atoms. The Hall–Kier alpha value is -1.14. The van der Waals surface area contributed by atoms with E-state index in [0.717, 1.165) is 44.9 Å². The SMILES string of the molecule is COCCC(CC1(C(=O)OC2(N)CCCCC2)CCCC1)C(=O)OC(C)(C)C. The summed E-state index contributed by atoms with van der Waals surface area (Å²) in [7, 11) is 1.62. The summed E-state index contributed by atoms with van der Waals surface area (Å²) < 4.78 is 16.7. The normalized spacial score (nSPS) is 22.5. The molecule has 0 aromatic heterocycles. The zero-order chi connectivity index (χ0) is 20.8. The van der Waals surface area contributed by atoms with Gasteiger partial charge in [0.1, 0.15) is 5.60 Å². The first kappa shape index (κ1) is 23.1. The third-order valence-electron chi connectivity index (χ3n) is 6.04. The van der Waals surface area contributed by atoms with Crippen molar-refractivity contribution in [1.82, 2.24) is 0 Å².